The van der Waals surface area contributed by atoms with Crippen molar-refractivity contribution in [2.75, 3.05) is 25.1 Å². The molecule has 3 rings (SSSR count). The van der Waals surface area contributed by atoms with Gasteiger partial charge in [-0.05, 0) is 32.1 Å². The zero-order valence-electron chi connectivity index (χ0n) is 11.4. The first-order chi connectivity index (χ1) is 9.24. The number of anilines is 1. The van der Waals surface area contributed by atoms with E-state index in [1.165, 1.54) is 12.8 Å². The van der Waals surface area contributed by atoms with E-state index in [4.69, 9.17) is 4.74 Å². The molecule has 5 heteroatoms. The van der Waals surface area contributed by atoms with Crippen LogP contribution in [0.25, 0.3) is 0 Å². The first-order valence-corrected chi connectivity index (χ1v) is 7.91. The molecule has 104 valence electrons. The first-order valence-electron chi connectivity index (χ1n) is 7.09. The van der Waals surface area contributed by atoms with E-state index >= 15 is 0 Å². The third-order valence-electron chi connectivity index (χ3n) is 3.83. The summed E-state index contributed by atoms with van der Waals surface area (Å²) in [7, 11) is 2.05. The molecular formula is C14H20N2O2S. The number of thiazole rings is 1. The highest BCUT2D eigenvalue weighted by Crippen LogP contribution is 2.31. The maximum atomic E-state index is 11.8. The van der Waals surface area contributed by atoms with Gasteiger partial charge in [-0.3, -0.25) is 4.79 Å². The van der Waals surface area contributed by atoms with Gasteiger partial charge in [0.2, 0.25) is 0 Å². The molecule has 1 fully saturated rings. The Bertz CT molecular complexity index is 466. The third-order valence-corrected chi connectivity index (χ3v) is 5.09. The number of rotatable bonds is 3. The minimum Gasteiger partial charge on any atom is -0.376 e. The SMILES string of the molecule is CN(CC1CCCCO1)c1nc2c(s1)C(=O)CCC2. The van der Waals surface area contributed by atoms with Gasteiger partial charge in [0, 0.05) is 26.6 Å². The Morgan fingerprint density at radius 2 is 2.26 bits per heavy atom. The average Bonchev–Trinajstić information content (AvgIpc) is 2.85. The van der Waals surface area contributed by atoms with Gasteiger partial charge in [-0.1, -0.05) is 11.3 Å². The fourth-order valence-electron chi connectivity index (χ4n) is 2.75. The zero-order valence-corrected chi connectivity index (χ0v) is 12.2. The normalized spacial score (nSPS) is 23.2. The van der Waals surface area contributed by atoms with Crippen LogP contribution in [0, 0.1) is 0 Å². The summed E-state index contributed by atoms with van der Waals surface area (Å²) in [6, 6.07) is 0. The highest BCUT2D eigenvalue weighted by Gasteiger charge is 2.24. The average molecular weight is 280 g/mol. The molecule has 0 spiro atoms. The summed E-state index contributed by atoms with van der Waals surface area (Å²) < 4.78 is 5.76. The number of carbonyl (C=O) groups excluding carboxylic acids is 1. The van der Waals surface area contributed by atoms with Crippen LogP contribution in [0.4, 0.5) is 5.13 Å². The van der Waals surface area contributed by atoms with E-state index in [0.29, 0.717) is 12.5 Å². The van der Waals surface area contributed by atoms with Crippen LogP contribution in [0.15, 0.2) is 0 Å². The molecule has 1 aromatic rings. The summed E-state index contributed by atoms with van der Waals surface area (Å²) >= 11 is 1.55. The highest BCUT2D eigenvalue weighted by atomic mass is 32.1. The molecule has 1 atom stereocenters. The lowest BCUT2D eigenvalue weighted by Crippen LogP contribution is -2.33. The molecule has 19 heavy (non-hydrogen) atoms. The Morgan fingerprint density at radius 3 is 3.00 bits per heavy atom. The van der Waals surface area contributed by atoms with E-state index in [1.54, 1.807) is 11.3 Å². The van der Waals surface area contributed by atoms with Crippen molar-refractivity contribution < 1.29 is 9.53 Å². The number of ketones is 1. The van der Waals surface area contributed by atoms with Gasteiger partial charge >= 0.3 is 0 Å². The molecular weight excluding hydrogens is 260 g/mol. The van der Waals surface area contributed by atoms with E-state index in [1.807, 2.05) is 7.05 Å². The summed E-state index contributed by atoms with van der Waals surface area (Å²) in [5, 5.41) is 0.967. The number of carbonyl (C=O) groups is 1. The Kier molecular flexibility index (Phi) is 3.84. The lowest BCUT2D eigenvalue weighted by molar-refractivity contribution is 0.0216. The highest BCUT2D eigenvalue weighted by molar-refractivity contribution is 7.17. The smallest absolute Gasteiger partial charge is 0.186 e. The molecule has 1 aliphatic heterocycles. The van der Waals surface area contributed by atoms with Crippen molar-refractivity contribution in [3.05, 3.63) is 10.6 Å². The molecule has 0 saturated carbocycles. The molecule has 1 aliphatic carbocycles. The number of aryl methyl sites for hydroxylation is 1. The van der Waals surface area contributed by atoms with Gasteiger partial charge in [0.15, 0.2) is 10.9 Å². The summed E-state index contributed by atoms with van der Waals surface area (Å²) in [5.74, 6) is 0.271. The summed E-state index contributed by atoms with van der Waals surface area (Å²) in [5.41, 5.74) is 1.01. The molecule has 0 amide bonds. The molecule has 0 N–H and O–H groups in total. The van der Waals surface area contributed by atoms with E-state index in [0.717, 1.165) is 48.1 Å². The number of likely N-dealkylation sites (N-methyl/N-ethyl adjacent to an activating group) is 1. The van der Waals surface area contributed by atoms with Crippen molar-refractivity contribution in [1.29, 1.82) is 0 Å². The maximum Gasteiger partial charge on any atom is 0.186 e. The zero-order chi connectivity index (χ0) is 13.2. The van der Waals surface area contributed by atoms with Crippen LogP contribution in [-0.4, -0.2) is 37.1 Å². The number of Topliss-reactive ketones (excluding diaryl/α,β-unsaturated/α-hetero) is 1. The maximum absolute atomic E-state index is 11.8. The number of hydrogen-bond donors (Lipinski definition) is 0. The van der Waals surface area contributed by atoms with E-state index in [9.17, 15) is 4.79 Å². The van der Waals surface area contributed by atoms with Crippen LogP contribution in [0.5, 0.6) is 0 Å². The standard InChI is InChI=1S/C14H20N2O2S/c1-16(9-10-5-2-3-8-18-10)14-15-11-6-4-7-12(17)13(11)19-14/h10H,2-9H2,1H3. The number of nitrogens with zero attached hydrogens (tertiary/aromatic N) is 2. The largest absolute Gasteiger partial charge is 0.376 e. The van der Waals surface area contributed by atoms with Gasteiger partial charge in [0.25, 0.3) is 0 Å². The van der Waals surface area contributed by atoms with Crippen LogP contribution in [-0.2, 0) is 11.2 Å². The molecule has 1 unspecified atom stereocenters. The molecule has 0 radical (unpaired) electrons. The van der Waals surface area contributed by atoms with Gasteiger partial charge in [0.1, 0.15) is 0 Å². The lowest BCUT2D eigenvalue weighted by atomic mass is 10.0. The minimum atomic E-state index is 0.271. The number of ether oxygens (including phenoxy) is 1. The van der Waals surface area contributed by atoms with Crippen molar-refractivity contribution >= 4 is 22.3 Å². The molecule has 1 saturated heterocycles. The predicted molar refractivity (Wildman–Crippen MR) is 76.2 cm³/mol. The van der Waals surface area contributed by atoms with Crippen molar-refractivity contribution in [2.45, 2.75) is 44.6 Å². The Morgan fingerprint density at radius 1 is 1.37 bits per heavy atom. The predicted octanol–water partition coefficient (Wildman–Crippen LogP) is 2.67. The molecule has 0 bridgehead atoms. The quantitative estimate of drug-likeness (QED) is 0.853. The fourth-order valence-corrected chi connectivity index (χ4v) is 3.80. The molecule has 0 aromatic carbocycles. The Labute approximate surface area is 117 Å². The van der Waals surface area contributed by atoms with Gasteiger partial charge < -0.3 is 9.64 Å². The Hall–Kier alpha value is -0.940. The van der Waals surface area contributed by atoms with Crippen molar-refractivity contribution in [2.24, 2.45) is 0 Å². The summed E-state index contributed by atoms with van der Waals surface area (Å²) in [6.07, 6.45) is 6.47. The van der Waals surface area contributed by atoms with Crippen molar-refractivity contribution in [3.8, 4) is 0 Å². The minimum absolute atomic E-state index is 0.271. The fraction of sp³-hybridized carbons (Fsp3) is 0.714. The number of aromatic nitrogens is 1. The second-order valence-electron chi connectivity index (χ2n) is 5.42. The number of hydrogen-bond acceptors (Lipinski definition) is 5. The van der Waals surface area contributed by atoms with E-state index < -0.39 is 0 Å². The monoisotopic (exact) mass is 280 g/mol. The molecule has 1 aromatic heterocycles. The van der Waals surface area contributed by atoms with Gasteiger partial charge in [-0.15, -0.1) is 0 Å². The first kappa shape index (κ1) is 13.1. The van der Waals surface area contributed by atoms with Crippen LogP contribution < -0.4 is 4.90 Å². The second kappa shape index (κ2) is 5.59. The topological polar surface area (TPSA) is 42.4 Å². The van der Waals surface area contributed by atoms with Crippen LogP contribution in [0.1, 0.15) is 47.5 Å². The third kappa shape index (κ3) is 2.82. The van der Waals surface area contributed by atoms with E-state index in [-0.39, 0.29) is 5.78 Å². The van der Waals surface area contributed by atoms with Crippen molar-refractivity contribution in [1.82, 2.24) is 4.98 Å². The summed E-state index contributed by atoms with van der Waals surface area (Å²) in [4.78, 5) is 19.5. The molecule has 2 heterocycles. The van der Waals surface area contributed by atoms with Crippen LogP contribution in [0.2, 0.25) is 0 Å². The lowest BCUT2D eigenvalue weighted by Gasteiger charge is -2.27. The molecule has 4 nitrogen and oxygen atoms in total. The van der Waals surface area contributed by atoms with E-state index in [2.05, 4.69) is 9.88 Å². The van der Waals surface area contributed by atoms with Gasteiger partial charge in [0.05, 0.1) is 16.7 Å². The molecule has 2 aliphatic rings. The number of fused-ring (bicyclic) bond motifs is 1. The van der Waals surface area contributed by atoms with Crippen LogP contribution in [0.3, 0.4) is 0 Å². The van der Waals surface area contributed by atoms with Crippen molar-refractivity contribution in [3.63, 3.8) is 0 Å². The van der Waals surface area contributed by atoms with Gasteiger partial charge in [-0.25, -0.2) is 4.98 Å². The Balaban J connectivity index is 1.69. The van der Waals surface area contributed by atoms with Gasteiger partial charge in [-0.2, -0.15) is 0 Å². The van der Waals surface area contributed by atoms with Crippen LogP contribution >= 0.6 is 11.3 Å². The summed E-state index contributed by atoms with van der Waals surface area (Å²) in [6.45, 7) is 1.76. The second-order valence-corrected chi connectivity index (χ2v) is 6.40.